The molecule has 0 heterocycles. The van der Waals surface area contributed by atoms with Crippen LogP contribution in [0, 0.1) is 18.8 Å². The van der Waals surface area contributed by atoms with Crippen LogP contribution < -0.4 is 5.32 Å². The zero-order valence-corrected chi connectivity index (χ0v) is 12.0. The number of benzene rings is 1. The van der Waals surface area contributed by atoms with Crippen molar-refractivity contribution >= 4 is 5.91 Å². The first-order valence-corrected chi connectivity index (χ1v) is 6.66. The Morgan fingerprint density at radius 3 is 2.90 bits per heavy atom. The van der Waals surface area contributed by atoms with Gasteiger partial charge >= 0.3 is 0 Å². The minimum atomic E-state index is -0.185. The molecule has 0 bridgehead atoms. The summed E-state index contributed by atoms with van der Waals surface area (Å²) in [5, 5.41) is 11.6. The van der Waals surface area contributed by atoms with E-state index in [0.717, 1.165) is 24.0 Å². The van der Waals surface area contributed by atoms with E-state index >= 15 is 0 Å². The second-order valence-corrected chi connectivity index (χ2v) is 4.45. The maximum atomic E-state index is 12.0. The molecule has 1 aromatic rings. The first-order chi connectivity index (χ1) is 9.69. The molecule has 4 heteroatoms. The van der Waals surface area contributed by atoms with E-state index < -0.39 is 0 Å². The Hall–Kier alpha value is -1.83. The Morgan fingerprint density at radius 2 is 2.20 bits per heavy atom. The zero-order valence-electron chi connectivity index (χ0n) is 12.0. The summed E-state index contributed by atoms with van der Waals surface area (Å²) in [6, 6.07) is 5.40. The van der Waals surface area contributed by atoms with Crippen LogP contribution in [0.25, 0.3) is 0 Å². The summed E-state index contributed by atoms with van der Waals surface area (Å²) < 4.78 is 4.95. The molecule has 0 aromatic heterocycles. The van der Waals surface area contributed by atoms with Gasteiger partial charge in [0.2, 0.25) is 0 Å². The van der Waals surface area contributed by atoms with E-state index in [1.165, 1.54) is 0 Å². The molecule has 0 atom stereocenters. The average molecular weight is 275 g/mol. The number of nitrogens with one attached hydrogen (secondary N) is 1. The van der Waals surface area contributed by atoms with Crippen LogP contribution in [0.4, 0.5) is 0 Å². The van der Waals surface area contributed by atoms with Crippen molar-refractivity contribution in [3.63, 3.8) is 0 Å². The van der Waals surface area contributed by atoms with Gasteiger partial charge < -0.3 is 15.2 Å². The largest absolute Gasteiger partial charge is 0.385 e. The fourth-order valence-corrected chi connectivity index (χ4v) is 1.71. The molecule has 1 rings (SSSR count). The van der Waals surface area contributed by atoms with E-state index in [1.54, 1.807) is 19.2 Å². The van der Waals surface area contributed by atoms with Gasteiger partial charge in [-0.25, -0.2) is 0 Å². The van der Waals surface area contributed by atoms with Crippen LogP contribution in [0.2, 0.25) is 0 Å². The van der Waals surface area contributed by atoms with Gasteiger partial charge in [-0.3, -0.25) is 4.79 Å². The third kappa shape index (κ3) is 5.43. The maximum Gasteiger partial charge on any atom is 0.251 e. The van der Waals surface area contributed by atoms with Gasteiger partial charge in [0, 0.05) is 31.4 Å². The first-order valence-electron chi connectivity index (χ1n) is 6.66. The number of ether oxygens (including phenoxy) is 1. The summed E-state index contributed by atoms with van der Waals surface area (Å²) in [7, 11) is 1.67. The van der Waals surface area contributed by atoms with Crippen LogP contribution in [0.5, 0.6) is 0 Å². The summed E-state index contributed by atoms with van der Waals surface area (Å²) in [5.74, 6) is 5.34. The molecule has 0 saturated heterocycles. The molecule has 4 nitrogen and oxygen atoms in total. The molecule has 20 heavy (non-hydrogen) atoms. The molecule has 0 aliphatic carbocycles. The maximum absolute atomic E-state index is 12.0. The number of unbranched alkanes of at least 4 members (excludes halogenated alkanes) is 1. The van der Waals surface area contributed by atoms with Gasteiger partial charge in [-0.1, -0.05) is 17.9 Å². The molecule has 0 unspecified atom stereocenters. The van der Waals surface area contributed by atoms with E-state index in [1.807, 2.05) is 13.0 Å². The van der Waals surface area contributed by atoms with Crippen molar-refractivity contribution in [3.05, 3.63) is 34.9 Å². The van der Waals surface area contributed by atoms with Crippen LogP contribution in [0.3, 0.4) is 0 Å². The lowest BCUT2D eigenvalue weighted by atomic mass is 10.0. The first kappa shape index (κ1) is 16.2. The second kappa shape index (κ2) is 9.13. The van der Waals surface area contributed by atoms with Crippen molar-refractivity contribution in [2.45, 2.75) is 19.8 Å². The minimum Gasteiger partial charge on any atom is -0.385 e. The summed E-state index contributed by atoms with van der Waals surface area (Å²) in [6.45, 7) is 3.08. The van der Waals surface area contributed by atoms with E-state index in [-0.39, 0.29) is 12.5 Å². The highest BCUT2D eigenvalue weighted by Crippen LogP contribution is 2.10. The van der Waals surface area contributed by atoms with E-state index in [0.29, 0.717) is 18.7 Å². The topological polar surface area (TPSA) is 58.6 Å². The monoisotopic (exact) mass is 275 g/mol. The zero-order chi connectivity index (χ0) is 14.8. The number of hydrogen-bond donors (Lipinski definition) is 2. The van der Waals surface area contributed by atoms with Crippen molar-refractivity contribution in [1.29, 1.82) is 0 Å². The molecule has 0 fully saturated rings. The Labute approximate surface area is 120 Å². The molecule has 0 radical (unpaired) electrons. The fourth-order valence-electron chi connectivity index (χ4n) is 1.71. The van der Waals surface area contributed by atoms with E-state index in [9.17, 15) is 4.79 Å². The number of rotatable bonds is 6. The number of aryl methyl sites for hydroxylation is 1. The lowest BCUT2D eigenvalue weighted by Crippen LogP contribution is -2.24. The second-order valence-electron chi connectivity index (χ2n) is 4.45. The third-order valence-electron chi connectivity index (χ3n) is 2.86. The Bertz CT molecular complexity index is 500. The lowest BCUT2D eigenvalue weighted by Gasteiger charge is -2.06. The van der Waals surface area contributed by atoms with Crippen molar-refractivity contribution in [1.82, 2.24) is 5.32 Å². The van der Waals surface area contributed by atoms with Gasteiger partial charge in [-0.05, 0) is 37.5 Å². The summed E-state index contributed by atoms with van der Waals surface area (Å²) in [5.41, 5.74) is 2.35. The molecule has 2 N–H and O–H groups in total. The van der Waals surface area contributed by atoms with Crippen LogP contribution in [-0.2, 0) is 4.74 Å². The molecule has 1 amide bonds. The Morgan fingerprint density at radius 1 is 1.40 bits per heavy atom. The number of amides is 1. The average Bonchev–Trinajstić information content (AvgIpc) is 2.46. The molecule has 1 aromatic carbocycles. The number of aliphatic hydroxyl groups excluding tert-OH is 1. The normalized spacial score (nSPS) is 9.75. The van der Waals surface area contributed by atoms with Gasteiger partial charge in [0.25, 0.3) is 5.91 Å². The summed E-state index contributed by atoms with van der Waals surface area (Å²) >= 11 is 0. The highest BCUT2D eigenvalue weighted by molar-refractivity contribution is 5.94. The van der Waals surface area contributed by atoms with Crippen LogP contribution in [0.1, 0.15) is 34.3 Å². The quantitative estimate of drug-likeness (QED) is 0.611. The van der Waals surface area contributed by atoms with Gasteiger partial charge in [0.15, 0.2) is 0 Å². The number of hydrogen-bond acceptors (Lipinski definition) is 3. The number of carbonyl (C=O) groups is 1. The Kier molecular flexibility index (Phi) is 7.41. The van der Waals surface area contributed by atoms with E-state index in [4.69, 9.17) is 9.84 Å². The number of carbonyl (C=O) groups excluding carboxylic acids is 1. The molecule has 0 aliphatic heterocycles. The molecule has 0 spiro atoms. The molecular formula is C16H21NO3. The highest BCUT2D eigenvalue weighted by Gasteiger charge is 2.06. The highest BCUT2D eigenvalue weighted by atomic mass is 16.5. The van der Waals surface area contributed by atoms with Crippen LogP contribution in [-0.4, -0.2) is 37.9 Å². The van der Waals surface area contributed by atoms with Gasteiger partial charge in [-0.15, -0.1) is 0 Å². The SMILES string of the molecule is COCCCCNC(=O)c1ccc(C)c(C#CCO)c1. The van der Waals surface area contributed by atoms with Crippen molar-refractivity contribution in [2.24, 2.45) is 0 Å². The fraction of sp³-hybridized carbons (Fsp3) is 0.438. The molecule has 0 saturated carbocycles. The van der Waals surface area contributed by atoms with Gasteiger partial charge in [0.1, 0.15) is 6.61 Å². The Balaban J connectivity index is 2.60. The summed E-state index contributed by atoms with van der Waals surface area (Å²) in [6.07, 6.45) is 1.82. The standard InChI is InChI=1S/C16H21NO3/c1-13-7-8-15(12-14(13)6-5-10-18)16(19)17-9-3-4-11-20-2/h7-8,12,18H,3-4,9-11H2,1-2H3,(H,17,19). The van der Waals surface area contributed by atoms with Gasteiger partial charge in [0.05, 0.1) is 0 Å². The third-order valence-corrected chi connectivity index (χ3v) is 2.86. The van der Waals surface area contributed by atoms with Crippen LogP contribution in [0.15, 0.2) is 18.2 Å². The van der Waals surface area contributed by atoms with E-state index in [2.05, 4.69) is 17.2 Å². The van der Waals surface area contributed by atoms with Crippen molar-refractivity contribution < 1.29 is 14.6 Å². The molecular weight excluding hydrogens is 254 g/mol. The smallest absolute Gasteiger partial charge is 0.251 e. The minimum absolute atomic E-state index is 0.102. The van der Waals surface area contributed by atoms with Crippen LogP contribution >= 0.6 is 0 Å². The summed E-state index contributed by atoms with van der Waals surface area (Å²) in [4.78, 5) is 12.0. The van der Waals surface area contributed by atoms with Crippen molar-refractivity contribution in [3.8, 4) is 11.8 Å². The lowest BCUT2D eigenvalue weighted by molar-refractivity contribution is 0.0951. The van der Waals surface area contributed by atoms with Gasteiger partial charge in [-0.2, -0.15) is 0 Å². The van der Waals surface area contributed by atoms with Crippen molar-refractivity contribution in [2.75, 3.05) is 26.9 Å². The molecule has 0 aliphatic rings. The predicted octanol–water partition coefficient (Wildman–Crippen LogP) is 1.50. The molecule has 108 valence electrons. The number of methoxy groups -OCH3 is 1. The predicted molar refractivity (Wildman–Crippen MR) is 78.6 cm³/mol. The number of aliphatic hydroxyl groups is 1.